The van der Waals surface area contributed by atoms with Gasteiger partial charge >= 0.3 is 0 Å². The highest BCUT2D eigenvalue weighted by atomic mass is 16.5. The van der Waals surface area contributed by atoms with E-state index in [1.54, 1.807) is 33.3 Å². The fourth-order valence-electron chi connectivity index (χ4n) is 3.73. The Morgan fingerprint density at radius 1 is 1.00 bits per heavy atom. The minimum atomic E-state index is -0.0269. The highest BCUT2D eigenvalue weighted by molar-refractivity contribution is 6.28. The van der Waals surface area contributed by atoms with E-state index in [1.807, 2.05) is 56.3 Å². The summed E-state index contributed by atoms with van der Waals surface area (Å²) in [6, 6.07) is 10.0. The first-order valence-corrected chi connectivity index (χ1v) is 9.40. The molecule has 2 aromatic carbocycles. The Kier molecular flexibility index (Phi) is 5.73. The molecule has 0 saturated carbocycles. The monoisotopic (exact) mass is 396 g/mol. The van der Waals surface area contributed by atoms with Crippen molar-refractivity contribution in [1.82, 2.24) is 4.90 Å². The van der Waals surface area contributed by atoms with Crippen LogP contribution >= 0.6 is 0 Å². The van der Waals surface area contributed by atoms with Crippen molar-refractivity contribution >= 4 is 22.7 Å². The number of carbonyl (C=O) groups is 1. The molecule has 6 nitrogen and oxygen atoms in total. The first-order valence-electron chi connectivity index (χ1n) is 9.40. The molecule has 1 heterocycles. The van der Waals surface area contributed by atoms with Gasteiger partial charge in [-0.25, -0.2) is 0 Å². The molecule has 0 fully saturated rings. The highest BCUT2D eigenvalue weighted by Crippen LogP contribution is 2.47. The minimum Gasteiger partial charge on any atom is -0.493 e. The van der Waals surface area contributed by atoms with Crippen LogP contribution in [-0.2, 0) is 11.3 Å². The number of ether oxygens (including phenoxy) is 3. The largest absolute Gasteiger partial charge is 0.493 e. The number of rotatable bonds is 5. The fraction of sp³-hybridized carbons (Fsp3) is 0.348. The molecule has 0 aromatic heterocycles. The summed E-state index contributed by atoms with van der Waals surface area (Å²) >= 11 is 0. The Hall–Kier alpha value is -3.15. The Bertz CT molecular complexity index is 962. The van der Waals surface area contributed by atoms with Crippen LogP contribution < -0.4 is 19.1 Å². The van der Waals surface area contributed by atoms with Crippen LogP contribution in [0.1, 0.15) is 23.6 Å². The zero-order chi connectivity index (χ0) is 21.3. The second kappa shape index (κ2) is 8.07. The molecular formula is C23H28N2O4. The van der Waals surface area contributed by atoms with Crippen LogP contribution in [0.3, 0.4) is 0 Å². The van der Waals surface area contributed by atoms with Gasteiger partial charge in [0, 0.05) is 38.0 Å². The maximum absolute atomic E-state index is 13.2. The molecule has 0 N–H and O–H groups in total. The summed E-state index contributed by atoms with van der Waals surface area (Å²) in [5, 5.41) is 0. The summed E-state index contributed by atoms with van der Waals surface area (Å²) in [7, 11) is 10.6. The third kappa shape index (κ3) is 3.50. The number of likely N-dealkylation sites (N-methyl/N-ethyl adjacent to an activating group) is 1. The molecular weight excluding hydrogens is 368 g/mol. The SMILES string of the molecule is COc1cc2c(c(OC)c1OC)CN(C)C(=O)/C2=C(\C)c1ccc(N(C)C)cc1. The van der Waals surface area contributed by atoms with Gasteiger partial charge in [-0.05, 0) is 36.3 Å². The van der Waals surface area contributed by atoms with E-state index >= 15 is 0 Å². The van der Waals surface area contributed by atoms with Gasteiger partial charge in [0.2, 0.25) is 5.75 Å². The maximum Gasteiger partial charge on any atom is 0.254 e. The summed E-state index contributed by atoms with van der Waals surface area (Å²) in [6.07, 6.45) is 0. The van der Waals surface area contributed by atoms with Crippen LogP contribution in [0.2, 0.25) is 0 Å². The van der Waals surface area contributed by atoms with Crippen LogP contribution in [-0.4, -0.2) is 53.3 Å². The van der Waals surface area contributed by atoms with E-state index in [9.17, 15) is 4.79 Å². The van der Waals surface area contributed by atoms with Crippen molar-refractivity contribution in [3.8, 4) is 17.2 Å². The molecule has 0 atom stereocenters. The lowest BCUT2D eigenvalue weighted by molar-refractivity contribution is -0.124. The Labute approximate surface area is 172 Å². The second-order valence-electron chi connectivity index (χ2n) is 7.27. The van der Waals surface area contributed by atoms with E-state index in [0.29, 0.717) is 29.4 Å². The van der Waals surface area contributed by atoms with Crippen molar-refractivity contribution < 1.29 is 19.0 Å². The summed E-state index contributed by atoms with van der Waals surface area (Å²) in [6.45, 7) is 2.41. The van der Waals surface area contributed by atoms with E-state index in [-0.39, 0.29) is 5.91 Å². The molecule has 154 valence electrons. The molecule has 2 aromatic rings. The number of fused-ring (bicyclic) bond motifs is 1. The molecule has 1 aliphatic heterocycles. The second-order valence-corrected chi connectivity index (χ2v) is 7.27. The van der Waals surface area contributed by atoms with E-state index in [0.717, 1.165) is 28.0 Å². The summed E-state index contributed by atoms with van der Waals surface area (Å²) in [5.74, 6) is 1.63. The maximum atomic E-state index is 13.2. The summed E-state index contributed by atoms with van der Waals surface area (Å²) < 4.78 is 16.7. The molecule has 0 radical (unpaired) electrons. The zero-order valence-electron chi connectivity index (χ0n) is 18.1. The average Bonchev–Trinajstić information content (AvgIpc) is 2.73. The highest BCUT2D eigenvalue weighted by Gasteiger charge is 2.33. The van der Waals surface area contributed by atoms with Gasteiger partial charge in [0.05, 0.1) is 33.4 Å². The molecule has 0 bridgehead atoms. The van der Waals surface area contributed by atoms with E-state index < -0.39 is 0 Å². The van der Waals surface area contributed by atoms with Gasteiger partial charge in [-0.1, -0.05) is 12.1 Å². The van der Waals surface area contributed by atoms with Gasteiger partial charge in [-0.2, -0.15) is 0 Å². The van der Waals surface area contributed by atoms with Crippen LogP contribution in [0.25, 0.3) is 11.1 Å². The van der Waals surface area contributed by atoms with Crippen LogP contribution in [0.15, 0.2) is 30.3 Å². The van der Waals surface area contributed by atoms with Crippen molar-refractivity contribution in [2.24, 2.45) is 0 Å². The summed E-state index contributed by atoms with van der Waals surface area (Å²) in [4.78, 5) is 16.9. The van der Waals surface area contributed by atoms with Crippen molar-refractivity contribution in [3.05, 3.63) is 47.0 Å². The van der Waals surface area contributed by atoms with Gasteiger partial charge in [0.25, 0.3) is 5.91 Å². The number of benzene rings is 2. The summed E-state index contributed by atoms with van der Waals surface area (Å²) in [5.41, 5.74) is 5.37. The molecule has 29 heavy (non-hydrogen) atoms. The molecule has 0 saturated heterocycles. The smallest absolute Gasteiger partial charge is 0.254 e. The molecule has 3 rings (SSSR count). The molecule has 1 aliphatic rings. The quantitative estimate of drug-likeness (QED) is 0.722. The number of anilines is 1. The van der Waals surface area contributed by atoms with Crippen molar-refractivity contribution in [2.45, 2.75) is 13.5 Å². The van der Waals surface area contributed by atoms with Crippen molar-refractivity contribution in [3.63, 3.8) is 0 Å². The fourth-order valence-corrected chi connectivity index (χ4v) is 3.73. The number of hydrogen-bond acceptors (Lipinski definition) is 5. The van der Waals surface area contributed by atoms with Gasteiger partial charge in [-0.15, -0.1) is 0 Å². The lowest BCUT2D eigenvalue weighted by Gasteiger charge is -2.31. The van der Waals surface area contributed by atoms with Crippen LogP contribution in [0, 0.1) is 0 Å². The molecule has 0 unspecified atom stereocenters. The predicted octanol–water partition coefficient (Wildman–Crippen LogP) is 3.68. The van der Waals surface area contributed by atoms with E-state index in [4.69, 9.17) is 14.2 Å². The van der Waals surface area contributed by atoms with Gasteiger partial charge in [0.15, 0.2) is 11.5 Å². The van der Waals surface area contributed by atoms with Crippen molar-refractivity contribution in [2.75, 3.05) is 47.4 Å². The zero-order valence-corrected chi connectivity index (χ0v) is 18.1. The van der Waals surface area contributed by atoms with Gasteiger partial charge in [-0.3, -0.25) is 4.79 Å². The lowest BCUT2D eigenvalue weighted by atomic mass is 9.87. The Morgan fingerprint density at radius 2 is 1.62 bits per heavy atom. The number of amides is 1. The average molecular weight is 396 g/mol. The number of methoxy groups -OCH3 is 3. The minimum absolute atomic E-state index is 0.0269. The number of allylic oxidation sites excluding steroid dienone is 1. The normalized spacial score (nSPS) is 15.0. The first kappa shape index (κ1) is 20.6. The van der Waals surface area contributed by atoms with Gasteiger partial charge in [0.1, 0.15) is 0 Å². The van der Waals surface area contributed by atoms with E-state index in [2.05, 4.69) is 0 Å². The molecule has 6 heteroatoms. The van der Waals surface area contributed by atoms with E-state index in [1.165, 1.54) is 0 Å². The number of hydrogen-bond donors (Lipinski definition) is 0. The number of nitrogens with zero attached hydrogens (tertiary/aromatic N) is 2. The molecule has 1 amide bonds. The number of carbonyl (C=O) groups excluding carboxylic acids is 1. The topological polar surface area (TPSA) is 51.2 Å². The predicted molar refractivity (Wildman–Crippen MR) is 116 cm³/mol. The molecule has 0 spiro atoms. The van der Waals surface area contributed by atoms with Crippen LogP contribution in [0.5, 0.6) is 17.2 Å². The van der Waals surface area contributed by atoms with Gasteiger partial charge < -0.3 is 24.0 Å². The van der Waals surface area contributed by atoms with Crippen molar-refractivity contribution in [1.29, 1.82) is 0 Å². The third-order valence-electron chi connectivity index (χ3n) is 5.35. The molecule has 0 aliphatic carbocycles. The van der Waals surface area contributed by atoms with Crippen LogP contribution in [0.4, 0.5) is 5.69 Å². The third-order valence-corrected chi connectivity index (χ3v) is 5.35. The first-order chi connectivity index (χ1) is 13.8. The Balaban J connectivity index is 2.27. The lowest BCUT2D eigenvalue weighted by Crippen LogP contribution is -2.32. The Morgan fingerprint density at radius 3 is 2.14 bits per heavy atom. The standard InChI is InChI=1S/C23H28N2O4/c1-14(15-8-10-16(11-9-15)24(2)3)20-17-12-19(27-5)22(29-7)21(28-6)18(17)13-25(4)23(20)26/h8-12H,13H2,1-7H3/b20-14+.